The maximum Gasteiger partial charge on any atom is 0.114 e. The quantitative estimate of drug-likeness (QED) is 0.176. The molecule has 0 atom stereocenters. The van der Waals surface area contributed by atoms with Crippen LogP contribution in [0.25, 0.3) is 63.5 Å². The van der Waals surface area contributed by atoms with E-state index in [9.17, 15) is 0 Å². The van der Waals surface area contributed by atoms with Gasteiger partial charge < -0.3 is 0 Å². The topological polar surface area (TPSA) is 51.6 Å². The molecule has 0 saturated heterocycles. The molecule has 208 valence electrons. The average molecular weight is 631 g/mol. The third-order valence-corrected chi connectivity index (χ3v) is 12.0. The smallest absolute Gasteiger partial charge is 0.114 e. The third kappa shape index (κ3) is 4.85. The predicted molar refractivity (Wildman–Crippen MR) is 182 cm³/mol. The summed E-state index contributed by atoms with van der Waals surface area (Å²) in [5.74, 6) is 1.20. The third-order valence-electron chi connectivity index (χ3n) is 7.45. The number of fused-ring (bicyclic) bond motifs is 5. The molecule has 9 heteroatoms. The van der Waals surface area contributed by atoms with Crippen LogP contribution in [0, 0.1) is 25.7 Å². The van der Waals surface area contributed by atoms with Gasteiger partial charge in [-0.25, -0.2) is 0 Å². The van der Waals surface area contributed by atoms with E-state index in [4.69, 9.17) is 17.5 Å². The van der Waals surface area contributed by atoms with Crippen LogP contribution in [0.5, 0.6) is 0 Å². The maximum absolute atomic E-state index is 4.86. The zero-order valence-electron chi connectivity index (χ0n) is 23.9. The monoisotopic (exact) mass is 630 g/mol. The van der Waals surface area contributed by atoms with Gasteiger partial charge in [0.1, 0.15) is 22.1 Å². The number of nitrogens with zero attached hydrogens (tertiary/aromatic N) is 4. The van der Waals surface area contributed by atoms with Crippen molar-refractivity contribution in [1.82, 2.24) is 17.5 Å². The number of hydrogen-bond donors (Lipinski definition) is 0. The second-order valence-electron chi connectivity index (χ2n) is 11.6. The summed E-state index contributed by atoms with van der Waals surface area (Å²) in [7, 11) is 0. The van der Waals surface area contributed by atoms with E-state index < -0.39 is 0 Å². The van der Waals surface area contributed by atoms with E-state index in [1.54, 1.807) is 0 Å². The van der Waals surface area contributed by atoms with E-state index >= 15 is 0 Å². The summed E-state index contributed by atoms with van der Waals surface area (Å²) in [6, 6.07) is 13.8. The number of rotatable bonds is 7. The molecule has 0 bridgehead atoms. The highest BCUT2D eigenvalue weighted by Crippen LogP contribution is 2.46. The Morgan fingerprint density at radius 1 is 0.585 bits per heavy atom. The molecule has 0 spiro atoms. The summed E-state index contributed by atoms with van der Waals surface area (Å²) in [5.41, 5.74) is 9.02. The molecule has 0 aliphatic heterocycles. The van der Waals surface area contributed by atoms with E-state index in [2.05, 4.69) is 77.9 Å². The van der Waals surface area contributed by atoms with Crippen LogP contribution in [-0.2, 0) is 12.8 Å². The van der Waals surface area contributed by atoms with E-state index in [-0.39, 0.29) is 0 Å². The second kappa shape index (κ2) is 10.6. The molecule has 41 heavy (non-hydrogen) atoms. The van der Waals surface area contributed by atoms with Crippen LogP contribution in [-0.4, -0.2) is 17.5 Å². The van der Waals surface area contributed by atoms with Crippen molar-refractivity contribution in [3.8, 4) is 30.6 Å². The van der Waals surface area contributed by atoms with Crippen LogP contribution in [0.15, 0.2) is 36.4 Å². The van der Waals surface area contributed by atoms with Gasteiger partial charge in [0.15, 0.2) is 0 Å². The number of thiophene rings is 3. The van der Waals surface area contributed by atoms with E-state index in [1.807, 2.05) is 34.0 Å². The molecule has 0 N–H and O–H groups in total. The minimum Gasteiger partial charge on any atom is -0.172 e. The number of aromatic nitrogens is 4. The van der Waals surface area contributed by atoms with E-state index in [0.717, 1.165) is 56.8 Å². The first-order valence-electron chi connectivity index (χ1n) is 13.9. The molecule has 0 amide bonds. The van der Waals surface area contributed by atoms with Crippen molar-refractivity contribution in [2.45, 2.75) is 54.4 Å². The maximum atomic E-state index is 4.86. The Morgan fingerprint density at radius 3 is 1.68 bits per heavy atom. The molecular weight excluding hydrogens is 601 g/mol. The van der Waals surface area contributed by atoms with E-state index in [0.29, 0.717) is 11.8 Å². The van der Waals surface area contributed by atoms with Gasteiger partial charge in [0.25, 0.3) is 0 Å². The standard InChI is InChI=1S/C32H30N4S5/c1-15(2)9-19-11-26(38-18(19)6)23-13-21-22(28-30(23)35-40-33-28)14-24(31-29(21)34-41-36-31)27-12-20(10-16(3)4)32(39-27)25-8-7-17(5)37-25/h7-8,11-16H,9-10H2,1-6H3. The van der Waals surface area contributed by atoms with Crippen LogP contribution in [0.4, 0.5) is 0 Å². The molecular formula is C32H30N4S5. The minimum absolute atomic E-state index is 0.580. The summed E-state index contributed by atoms with van der Waals surface area (Å²) in [5, 5.41) is 2.22. The summed E-state index contributed by atoms with van der Waals surface area (Å²) < 4.78 is 19.4. The molecule has 0 aliphatic rings. The highest BCUT2D eigenvalue weighted by molar-refractivity contribution is 7.24. The van der Waals surface area contributed by atoms with Gasteiger partial charge in [-0.3, -0.25) is 0 Å². The molecule has 7 rings (SSSR count). The Bertz CT molecular complexity index is 2050. The lowest BCUT2D eigenvalue weighted by Gasteiger charge is -2.08. The van der Waals surface area contributed by atoms with Crippen LogP contribution < -0.4 is 0 Å². The van der Waals surface area contributed by atoms with Crippen LogP contribution in [0.2, 0.25) is 0 Å². The van der Waals surface area contributed by atoms with Crippen molar-refractivity contribution in [1.29, 1.82) is 0 Å². The zero-order valence-corrected chi connectivity index (χ0v) is 27.9. The fourth-order valence-corrected chi connectivity index (χ4v) is 10.1. The van der Waals surface area contributed by atoms with Crippen molar-refractivity contribution in [3.05, 3.63) is 57.3 Å². The number of aryl methyl sites for hydroxylation is 2. The van der Waals surface area contributed by atoms with Gasteiger partial charge in [-0.2, -0.15) is 17.5 Å². The molecule has 0 saturated carbocycles. The highest BCUT2D eigenvalue weighted by Gasteiger charge is 2.23. The summed E-state index contributed by atoms with van der Waals surface area (Å²) >= 11 is 8.21. The van der Waals surface area contributed by atoms with Crippen molar-refractivity contribution >= 4 is 90.3 Å². The molecule has 2 aromatic carbocycles. The normalized spacial score (nSPS) is 12.3. The first kappa shape index (κ1) is 27.3. The van der Waals surface area contributed by atoms with Crippen molar-refractivity contribution < 1.29 is 0 Å². The van der Waals surface area contributed by atoms with Gasteiger partial charge in [0, 0.05) is 51.2 Å². The first-order valence-corrected chi connectivity index (χ1v) is 17.8. The largest absolute Gasteiger partial charge is 0.172 e. The van der Waals surface area contributed by atoms with Crippen LogP contribution >= 0.6 is 57.5 Å². The Labute approximate surface area is 260 Å². The highest BCUT2D eigenvalue weighted by atomic mass is 32.1. The minimum atomic E-state index is 0.580. The summed E-state index contributed by atoms with van der Waals surface area (Å²) in [6.45, 7) is 13.6. The van der Waals surface area contributed by atoms with E-state index in [1.165, 1.54) is 63.8 Å². The Balaban J connectivity index is 1.45. The van der Waals surface area contributed by atoms with Crippen LogP contribution in [0.3, 0.4) is 0 Å². The second-order valence-corrected chi connectivity index (χ2v) is 16.3. The molecule has 4 nitrogen and oxygen atoms in total. The Morgan fingerprint density at radius 2 is 1.12 bits per heavy atom. The predicted octanol–water partition coefficient (Wildman–Crippen LogP) is 11.0. The SMILES string of the molecule is Cc1ccc(-c2sc(-c3cc4c(cc(-c5cc(CC(C)C)c(C)s5)c5nsnc54)c4nsnc34)cc2CC(C)C)s1. The summed E-state index contributed by atoms with van der Waals surface area (Å²) in [4.78, 5) is 7.95. The fraction of sp³-hybridized carbons (Fsp3) is 0.312. The average Bonchev–Trinajstić information content (AvgIpc) is 3.74. The van der Waals surface area contributed by atoms with Gasteiger partial charge >= 0.3 is 0 Å². The molecule has 0 aliphatic carbocycles. The van der Waals surface area contributed by atoms with Gasteiger partial charge in [0.2, 0.25) is 0 Å². The van der Waals surface area contributed by atoms with Crippen molar-refractivity contribution in [3.63, 3.8) is 0 Å². The zero-order chi connectivity index (χ0) is 28.4. The van der Waals surface area contributed by atoms with Gasteiger partial charge in [-0.05, 0) is 86.1 Å². The molecule has 7 aromatic rings. The van der Waals surface area contributed by atoms with Gasteiger partial charge in [0.05, 0.1) is 23.5 Å². The molecule has 5 heterocycles. The van der Waals surface area contributed by atoms with Crippen LogP contribution in [0.1, 0.15) is 48.6 Å². The molecule has 0 radical (unpaired) electrons. The molecule has 0 unspecified atom stereocenters. The van der Waals surface area contributed by atoms with Crippen molar-refractivity contribution in [2.75, 3.05) is 0 Å². The first-order chi connectivity index (χ1) is 19.8. The van der Waals surface area contributed by atoms with Gasteiger partial charge in [-0.15, -0.1) is 34.0 Å². The summed E-state index contributed by atoms with van der Waals surface area (Å²) in [6.07, 6.45) is 2.14. The number of hydrogen-bond acceptors (Lipinski definition) is 9. The lowest BCUT2D eigenvalue weighted by molar-refractivity contribution is 0.647. The fourth-order valence-electron chi connectivity index (χ4n) is 5.65. The molecule has 5 aromatic heterocycles. The number of benzene rings is 2. The van der Waals surface area contributed by atoms with Gasteiger partial charge in [-0.1, -0.05) is 27.7 Å². The lowest BCUT2D eigenvalue weighted by atomic mass is 9.97. The molecule has 0 fully saturated rings. The Hall–Kier alpha value is -2.56. The Kier molecular flexibility index (Phi) is 7.06. The lowest BCUT2D eigenvalue weighted by Crippen LogP contribution is -1.93. The van der Waals surface area contributed by atoms with Crippen molar-refractivity contribution in [2.24, 2.45) is 11.8 Å².